The summed E-state index contributed by atoms with van der Waals surface area (Å²) in [6, 6.07) is 15.2. The van der Waals surface area contributed by atoms with Crippen molar-refractivity contribution in [3.05, 3.63) is 77.5 Å². The summed E-state index contributed by atoms with van der Waals surface area (Å²) in [7, 11) is 0. The molecule has 0 saturated heterocycles. The number of hydrogen-bond donors (Lipinski definition) is 2. The van der Waals surface area contributed by atoms with E-state index in [1.54, 1.807) is 6.08 Å². The summed E-state index contributed by atoms with van der Waals surface area (Å²) in [5, 5.41) is 5.00. The zero-order chi connectivity index (χ0) is 16.5. The minimum absolute atomic E-state index is 0.204. The van der Waals surface area contributed by atoms with Crippen molar-refractivity contribution in [1.82, 2.24) is 10.3 Å². The van der Waals surface area contributed by atoms with Crippen molar-refractivity contribution in [3.8, 4) is 5.75 Å². The SMILES string of the molecule is C=CCOc1ccc(C2NCCc3c2[nH]c2ccc(C)cc32)cc1. The van der Waals surface area contributed by atoms with Gasteiger partial charge in [-0.25, -0.2) is 0 Å². The molecule has 1 aliphatic rings. The Morgan fingerprint density at radius 3 is 2.83 bits per heavy atom. The maximum atomic E-state index is 5.58. The van der Waals surface area contributed by atoms with Gasteiger partial charge in [-0.3, -0.25) is 0 Å². The molecule has 0 saturated carbocycles. The van der Waals surface area contributed by atoms with E-state index in [1.165, 1.54) is 33.3 Å². The Balaban J connectivity index is 1.71. The standard InChI is InChI=1S/C21H22N2O/c1-3-12-24-16-7-5-15(6-8-16)20-21-17(10-11-22-20)18-13-14(2)4-9-19(18)23-21/h3-9,13,20,22-23H,1,10-12H2,2H3. The summed E-state index contributed by atoms with van der Waals surface area (Å²) >= 11 is 0. The monoisotopic (exact) mass is 318 g/mol. The lowest BCUT2D eigenvalue weighted by molar-refractivity contribution is 0.363. The van der Waals surface area contributed by atoms with Gasteiger partial charge in [0.2, 0.25) is 0 Å². The van der Waals surface area contributed by atoms with E-state index in [2.05, 4.69) is 54.1 Å². The molecule has 3 nitrogen and oxygen atoms in total. The van der Waals surface area contributed by atoms with Gasteiger partial charge in [-0.05, 0) is 48.7 Å². The van der Waals surface area contributed by atoms with Gasteiger partial charge in [0.05, 0.1) is 6.04 Å². The second-order valence-electron chi connectivity index (χ2n) is 6.37. The van der Waals surface area contributed by atoms with Crippen LogP contribution in [-0.2, 0) is 6.42 Å². The van der Waals surface area contributed by atoms with Gasteiger partial charge in [0.25, 0.3) is 0 Å². The van der Waals surface area contributed by atoms with Gasteiger partial charge in [0.15, 0.2) is 0 Å². The van der Waals surface area contributed by atoms with Crippen LogP contribution in [0.5, 0.6) is 5.75 Å². The molecule has 1 atom stereocenters. The van der Waals surface area contributed by atoms with Gasteiger partial charge in [-0.1, -0.05) is 36.4 Å². The molecule has 1 aromatic heterocycles. The van der Waals surface area contributed by atoms with E-state index in [0.29, 0.717) is 6.61 Å². The van der Waals surface area contributed by atoms with Crippen molar-refractivity contribution in [2.75, 3.05) is 13.2 Å². The average molecular weight is 318 g/mol. The minimum atomic E-state index is 0.204. The van der Waals surface area contributed by atoms with Crippen molar-refractivity contribution in [2.24, 2.45) is 0 Å². The molecule has 1 aliphatic heterocycles. The lowest BCUT2D eigenvalue weighted by Gasteiger charge is -2.25. The number of aromatic nitrogens is 1. The fourth-order valence-corrected chi connectivity index (χ4v) is 3.54. The van der Waals surface area contributed by atoms with Crippen LogP contribution in [-0.4, -0.2) is 18.1 Å². The molecule has 0 aliphatic carbocycles. The average Bonchev–Trinajstić information content (AvgIpc) is 2.98. The topological polar surface area (TPSA) is 37.0 Å². The van der Waals surface area contributed by atoms with E-state index in [9.17, 15) is 0 Å². The highest BCUT2D eigenvalue weighted by Crippen LogP contribution is 2.34. The first-order chi connectivity index (χ1) is 11.8. The molecule has 0 amide bonds. The van der Waals surface area contributed by atoms with E-state index >= 15 is 0 Å². The Morgan fingerprint density at radius 1 is 1.21 bits per heavy atom. The zero-order valence-corrected chi connectivity index (χ0v) is 13.9. The first kappa shape index (κ1) is 15.0. The Labute approximate surface area is 142 Å². The fraction of sp³-hybridized carbons (Fsp3) is 0.238. The predicted octanol–water partition coefficient (Wildman–Crippen LogP) is 4.28. The van der Waals surface area contributed by atoms with Crippen LogP contribution in [0.15, 0.2) is 55.1 Å². The highest BCUT2D eigenvalue weighted by molar-refractivity contribution is 5.86. The molecule has 0 spiro atoms. The number of rotatable bonds is 4. The van der Waals surface area contributed by atoms with Crippen LogP contribution < -0.4 is 10.1 Å². The molecule has 24 heavy (non-hydrogen) atoms. The summed E-state index contributed by atoms with van der Waals surface area (Å²) in [4.78, 5) is 3.63. The van der Waals surface area contributed by atoms with Crippen LogP contribution in [0.3, 0.4) is 0 Å². The number of ether oxygens (including phenoxy) is 1. The largest absolute Gasteiger partial charge is 0.490 e. The third-order valence-electron chi connectivity index (χ3n) is 4.69. The van der Waals surface area contributed by atoms with E-state index in [1.807, 2.05) is 12.1 Å². The van der Waals surface area contributed by atoms with Crippen LogP contribution in [0.4, 0.5) is 0 Å². The second kappa shape index (κ2) is 6.17. The summed E-state index contributed by atoms with van der Waals surface area (Å²) in [6.07, 6.45) is 2.82. The Bertz CT molecular complexity index is 877. The summed E-state index contributed by atoms with van der Waals surface area (Å²) in [5.74, 6) is 0.877. The highest BCUT2D eigenvalue weighted by Gasteiger charge is 2.25. The third-order valence-corrected chi connectivity index (χ3v) is 4.69. The highest BCUT2D eigenvalue weighted by atomic mass is 16.5. The Morgan fingerprint density at radius 2 is 2.04 bits per heavy atom. The molecule has 4 rings (SSSR count). The van der Waals surface area contributed by atoms with Gasteiger partial charge in [-0.2, -0.15) is 0 Å². The van der Waals surface area contributed by atoms with Crippen molar-refractivity contribution < 1.29 is 4.74 Å². The molecular weight excluding hydrogens is 296 g/mol. The number of benzene rings is 2. The van der Waals surface area contributed by atoms with Crippen LogP contribution in [0, 0.1) is 6.92 Å². The molecule has 0 fully saturated rings. The Hall–Kier alpha value is -2.52. The maximum Gasteiger partial charge on any atom is 0.119 e. The van der Waals surface area contributed by atoms with Gasteiger partial charge in [0.1, 0.15) is 12.4 Å². The molecule has 0 bridgehead atoms. The summed E-state index contributed by atoms with van der Waals surface area (Å²) in [6.45, 7) is 7.36. The fourth-order valence-electron chi connectivity index (χ4n) is 3.54. The third kappa shape index (κ3) is 2.61. The van der Waals surface area contributed by atoms with Crippen LogP contribution in [0.1, 0.15) is 28.4 Å². The van der Waals surface area contributed by atoms with E-state index in [4.69, 9.17) is 4.74 Å². The van der Waals surface area contributed by atoms with Gasteiger partial charge < -0.3 is 15.0 Å². The first-order valence-corrected chi connectivity index (χ1v) is 8.44. The number of aryl methyl sites for hydroxylation is 1. The predicted molar refractivity (Wildman–Crippen MR) is 98.7 cm³/mol. The number of aromatic amines is 1. The number of hydrogen-bond acceptors (Lipinski definition) is 2. The molecule has 3 heteroatoms. The van der Waals surface area contributed by atoms with E-state index < -0.39 is 0 Å². The molecule has 2 N–H and O–H groups in total. The summed E-state index contributed by atoms with van der Waals surface area (Å²) < 4.78 is 5.58. The van der Waals surface area contributed by atoms with Gasteiger partial charge in [0, 0.05) is 23.1 Å². The van der Waals surface area contributed by atoms with Crippen molar-refractivity contribution in [1.29, 1.82) is 0 Å². The van der Waals surface area contributed by atoms with Crippen molar-refractivity contribution >= 4 is 10.9 Å². The molecular formula is C21H22N2O. The van der Waals surface area contributed by atoms with Crippen molar-refractivity contribution in [2.45, 2.75) is 19.4 Å². The molecule has 1 unspecified atom stereocenters. The number of H-pyrrole nitrogens is 1. The molecule has 122 valence electrons. The molecule has 2 aromatic carbocycles. The lowest BCUT2D eigenvalue weighted by atomic mass is 9.94. The molecule has 2 heterocycles. The quantitative estimate of drug-likeness (QED) is 0.705. The molecule has 0 radical (unpaired) electrons. The molecule has 3 aromatic rings. The van der Waals surface area contributed by atoms with Crippen LogP contribution in [0.2, 0.25) is 0 Å². The zero-order valence-electron chi connectivity index (χ0n) is 13.9. The summed E-state index contributed by atoms with van der Waals surface area (Å²) in [5.41, 5.74) is 6.53. The Kier molecular flexibility index (Phi) is 3.87. The van der Waals surface area contributed by atoms with Crippen LogP contribution >= 0.6 is 0 Å². The normalized spacial score (nSPS) is 16.8. The lowest BCUT2D eigenvalue weighted by Crippen LogP contribution is -2.30. The van der Waals surface area contributed by atoms with E-state index in [0.717, 1.165) is 18.7 Å². The smallest absolute Gasteiger partial charge is 0.119 e. The van der Waals surface area contributed by atoms with Crippen LogP contribution in [0.25, 0.3) is 10.9 Å². The van der Waals surface area contributed by atoms with Gasteiger partial charge in [-0.15, -0.1) is 0 Å². The van der Waals surface area contributed by atoms with Crippen molar-refractivity contribution in [3.63, 3.8) is 0 Å². The van der Waals surface area contributed by atoms with E-state index in [-0.39, 0.29) is 6.04 Å². The first-order valence-electron chi connectivity index (χ1n) is 8.44. The number of fused-ring (bicyclic) bond motifs is 3. The minimum Gasteiger partial charge on any atom is -0.490 e. The second-order valence-corrected chi connectivity index (χ2v) is 6.37. The maximum absolute atomic E-state index is 5.58. The number of nitrogens with one attached hydrogen (secondary N) is 2. The van der Waals surface area contributed by atoms with Gasteiger partial charge >= 0.3 is 0 Å².